The normalized spacial score (nSPS) is 17.3. The summed E-state index contributed by atoms with van der Waals surface area (Å²) < 4.78 is 0. The summed E-state index contributed by atoms with van der Waals surface area (Å²) in [5.74, 6) is 0.843. The van der Waals surface area contributed by atoms with Crippen LogP contribution in [0.5, 0.6) is 0 Å². The van der Waals surface area contributed by atoms with E-state index in [1.54, 1.807) is 11.8 Å². The van der Waals surface area contributed by atoms with E-state index in [-0.39, 0.29) is 5.41 Å². The van der Waals surface area contributed by atoms with Crippen LogP contribution in [-0.4, -0.2) is 34.8 Å². The number of carboxylic acid groups (broad SMARTS) is 1. The molecule has 6 N–H and O–H groups in total. The number of thioether (sulfide) groups is 1. The second-order valence-corrected chi connectivity index (χ2v) is 7.44. The van der Waals surface area contributed by atoms with Crippen molar-refractivity contribution in [1.29, 1.82) is 5.41 Å². The molecule has 1 fully saturated rings. The van der Waals surface area contributed by atoms with Crippen molar-refractivity contribution in [2.45, 2.75) is 43.6 Å². The van der Waals surface area contributed by atoms with Crippen molar-refractivity contribution < 1.29 is 9.90 Å². The molecule has 0 aromatic heterocycles. The van der Waals surface area contributed by atoms with Crippen LogP contribution in [-0.2, 0) is 10.2 Å². The van der Waals surface area contributed by atoms with Crippen LogP contribution in [0.15, 0.2) is 18.2 Å². The van der Waals surface area contributed by atoms with Crippen molar-refractivity contribution in [3.63, 3.8) is 0 Å². The first kappa shape index (κ1) is 17.8. The number of carbonyl (C=O) groups is 1. The van der Waals surface area contributed by atoms with Crippen LogP contribution in [0, 0.1) is 5.41 Å². The summed E-state index contributed by atoms with van der Waals surface area (Å²) in [5.41, 5.74) is 14.3. The number of anilines is 1. The molecule has 6 heteroatoms. The fourth-order valence-corrected chi connectivity index (χ4v) is 4.18. The van der Waals surface area contributed by atoms with Crippen molar-refractivity contribution >= 4 is 29.6 Å². The quantitative estimate of drug-likeness (QED) is 0.315. The number of nitrogen functional groups attached to an aromatic ring is 1. The van der Waals surface area contributed by atoms with Crippen molar-refractivity contribution in [2.75, 3.05) is 17.2 Å². The maximum atomic E-state index is 10.7. The average molecular weight is 335 g/mol. The monoisotopic (exact) mass is 335 g/mol. The van der Waals surface area contributed by atoms with E-state index in [9.17, 15) is 4.79 Å². The van der Waals surface area contributed by atoms with Crippen molar-refractivity contribution in [1.82, 2.24) is 0 Å². The number of hydrogen-bond acceptors (Lipinski definition) is 5. The van der Waals surface area contributed by atoms with Crippen LogP contribution < -0.4 is 11.5 Å². The molecule has 1 atom stereocenters. The summed E-state index contributed by atoms with van der Waals surface area (Å²) in [7, 11) is 0. The summed E-state index contributed by atoms with van der Waals surface area (Å²) in [6, 6.07) is 5.28. The van der Waals surface area contributed by atoms with Gasteiger partial charge in [-0.05, 0) is 60.3 Å². The van der Waals surface area contributed by atoms with E-state index in [0.717, 1.165) is 23.5 Å². The van der Waals surface area contributed by atoms with Gasteiger partial charge in [-0.3, -0.25) is 4.79 Å². The fourth-order valence-electron chi connectivity index (χ4n) is 3.02. The molecule has 5 nitrogen and oxygen atoms in total. The standard InChI is InChI=1S/C17H25N3O2S/c18-11-12-10-13(2-3-14(12)19)17(5-1-6-17)7-9-23-8-4-15(20)16(21)22/h2-3,10-11,15,18H,1,4-9,19-20H2,(H,21,22). The molecule has 0 spiro atoms. The Labute approximate surface area is 141 Å². The predicted molar refractivity (Wildman–Crippen MR) is 96.4 cm³/mol. The molecule has 0 saturated heterocycles. The summed E-state index contributed by atoms with van der Waals surface area (Å²) in [4.78, 5) is 10.7. The summed E-state index contributed by atoms with van der Waals surface area (Å²) in [6.45, 7) is 0. The molecule has 1 aliphatic carbocycles. The van der Waals surface area contributed by atoms with Gasteiger partial charge in [0.1, 0.15) is 6.04 Å². The molecule has 0 heterocycles. The Balaban J connectivity index is 1.89. The van der Waals surface area contributed by atoms with E-state index in [0.29, 0.717) is 12.1 Å². The van der Waals surface area contributed by atoms with Gasteiger partial charge in [0.2, 0.25) is 0 Å². The van der Waals surface area contributed by atoms with Crippen LogP contribution in [0.3, 0.4) is 0 Å². The first-order valence-electron chi connectivity index (χ1n) is 7.95. The highest BCUT2D eigenvalue weighted by Gasteiger charge is 2.38. The molecule has 1 aliphatic rings. The summed E-state index contributed by atoms with van der Waals surface area (Å²) in [6.07, 6.45) is 6.47. The Bertz CT molecular complexity index is 573. The molecule has 1 aromatic carbocycles. The largest absolute Gasteiger partial charge is 0.480 e. The maximum absolute atomic E-state index is 10.7. The van der Waals surface area contributed by atoms with Gasteiger partial charge >= 0.3 is 5.97 Å². The van der Waals surface area contributed by atoms with Crippen LogP contribution in [0.1, 0.15) is 43.2 Å². The van der Waals surface area contributed by atoms with E-state index in [1.807, 2.05) is 12.1 Å². The SMILES string of the molecule is N=Cc1cc(C2(CCSCCC(N)C(=O)O)CCC2)ccc1N. The van der Waals surface area contributed by atoms with Gasteiger partial charge in [-0.2, -0.15) is 11.8 Å². The Hall–Kier alpha value is -1.53. The van der Waals surface area contributed by atoms with Gasteiger partial charge in [-0.1, -0.05) is 12.5 Å². The molecular weight excluding hydrogens is 310 g/mol. The molecule has 0 aliphatic heterocycles. The lowest BCUT2D eigenvalue weighted by Crippen LogP contribution is -2.35. The van der Waals surface area contributed by atoms with E-state index in [1.165, 1.54) is 31.0 Å². The Morgan fingerprint density at radius 3 is 2.74 bits per heavy atom. The van der Waals surface area contributed by atoms with Crippen molar-refractivity contribution in [3.8, 4) is 0 Å². The second kappa shape index (κ2) is 7.84. The van der Waals surface area contributed by atoms with Crippen molar-refractivity contribution in [2.24, 2.45) is 5.73 Å². The van der Waals surface area contributed by atoms with Crippen LogP contribution in [0.4, 0.5) is 5.69 Å². The zero-order valence-corrected chi connectivity index (χ0v) is 14.1. The molecule has 0 amide bonds. The Kier molecular flexibility index (Phi) is 6.07. The molecule has 1 unspecified atom stereocenters. The van der Waals surface area contributed by atoms with E-state index < -0.39 is 12.0 Å². The molecule has 0 bridgehead atoms. The zero-order chi connectivity index (χ0) is 16.9. The average Bonchev–Trinajstić information content (AvgIpc) is 2.49. The third-order valence-corrected chi connectivity index (χ3v) is 5.80. The van der Waals surface area contributed by atoms with Gasteiger partial charge < -0.3 is 22.0 Å². The molecule has 126 valence electrons. The zero-order valence-electron chi connectivity index (χ0n) is 13.3. The minimum Gasteiger partial charge on any atom is -0.480 e. The fraction of sp³-hybridized carbons (Fsp3) is 0.529. The smallest absolute Gasteiger partial charge is 0.320 e. The third kappa shape index (κ3) is 4.26. The Morgan fingerprint density at radius 1 is 1.43 bits per heavy atom. The van der Waals surface area contributed by atoms with E-state index >= 15 is 0 Å². The number of rotatable bonds is 9. The first-order chi connectivity index (χ1) is 11.0. The van der Waals surface area contributed by atoms with Gasteiger partial charge in [-0.25, -0.2) is 0 Å². The number of carboxylic acids is 1. The van der Waals surface area contributed by atoms with E-state index in [2.05, 4.69) is 6.07 Å². The lowest BCUT2D eigenvalue weighted by molar-refractivity contribution is -0.138. The molecule has 2 rings (SSSR count). The molecule has 0 radical (unpaired) electrons. The van der Waals surface area contributed by atoms with Crippen LogP contribution in [0.2, 0.25) is 0 Å². The van der Waals surface area contributed by atoms with Gasteiger partial charge in [0, 0.05) is 17.5 Å². The molecule has 1 saturated carbocycles. The number of hydrogen-bond donors (Lipinski definition) is 4. The summed E-state index contributed by atoms with van der Waals surface area (Å²) in [5, 5.41) is 16.2. The maximum Gasteiger partial charge on any atom is 0.320 e. The third-order valence-electron chi connectivity index (χ3n) is 4.78. The summed E-state index contributed by atoms with van der Waals surface area (Å²) >= 11 is 1.77. The van der Waals surface area contributed by atoms with Crippen molar-refractivity contribution in [3.05, 3.63) is 29.3 Å². The predicted octanol–water partition coefficient (Wildman–Crippen LogP) is 2.61. The minimum atomic E-state index is -0.929. The minimum absolute atomic E-state index is 0.202. The number of nitrogens with two attached hydrogens (primary N) is 2. The van der Waals surface area contributed by atoms with Crippen LogP contribution in [0.25, 0.3) is 0 Å². The number of nitrogens with one attached hydrogen (secondary N) is 1. The van der Waals surface area contributed by atoms with Gasteiger partial charge in [-0.15, -0.1) is 0 Å². The molecular formula is C17H25N3O2S. The Morgan fingerprint density at radius 2 is 2.17 bits per heavy atom. The lowest BCUT2D eigenvalue weighted by atomic mass is 9.62. The first-order valence-corrected chi connectivity index (χ1v) is 9.10. The number of aliphatic carboxylic acids is 1. The van der Waals surface area contributed by atoms with Gasteiger partial charge in [0.05, 0.1) is 0 Å². The second-order valence-electron chi connectivity index (χ2n) is 6.22. The molecule has 23 heavy (non-hydrogen) atoms. The van der Waals surface area contributed by atoms with Gasteiger partial charge in [0.15, 0.2) is 0 Å². The highest BCUT2D eigenvalue weighted by molar-refractivity contribution is 7.99. The molecule has 1 aromatic rings. The highest BCUT2D eigenvalue weighted by Crippen LogP contribution is 2.47. The van der Waals surface area contributed by atoms with Crippen LogP contribution >= 0.6 is 11.8 Å². The lowest BCUT2D eigenvalue weighted by Gasteiger charge is -2.43. The van der Waals surface area contributed by atoms with E-state index in [4.69, 9.17) is 22.0 Å². The number of benzene rings is 1. The topological polar surface area (TPSA) is 113 Å². The highest BCUT2D eigenvalue weighted by atomic mass is 32.2. The van der Waals surface area contributed by atoms with Gasteiger partial charge in [0.25, 0.3) is 0 Å².